The third kappa shape index (κ3) is 4.60. The molecule has 4 nitrogen and oxygen atoms in total. The van der Waals surface area contributed by atoms with E-state index in [4.69, 9.17) is 16.3 Å². The molecule has 1 saturated heterocycles. The van der Waals surface area contributed by atoms with Crippen LogP contribution in [0.25, 0.3) is 6.08 Å². The van der Waals surface area contributed by atoms with Gasteiger partial charge in [0.1, 0.15) is 0 Å². The molecular formula is C17H20ClNO3. The molecule has 1 aromatic rings. The summed E-state index contributed by atoms with van der Waals surface area (Å²) in [6, 6.07) is 7.26. The molecule has 1 atom stereocenters. The fourth-order valence-corrected chi connectivity index (χ4v) is 2.60. The molecule has 1 aromatic carbocycles. The van der Waals surface area contributed by atoms with Gasteiger partial charge in [0.05, 0.1) is 12.5 Å². The first-order valence-electron chi connectivity index (χ1n) is 7.49. The lowest BCUT2D eigenvalue weighted by Gasteiger charge is -2.30. The second-order valence-electron chi connectivity index (χ2n) is 5.26. The first-order valence-corrected chi connectivity index (χ1v) is 7.87. The number of nitrogens with zero attached hydrogens (tertiary/aromatic N) is 1. The number of benzene rings is 1. The van der Waals surface area contributed by atoms with Gasteiger partial charge in [0, 0.05) is 24.2 Å². The number of rotatable bonds is 4. The Morgan fingerprint density at radius 2 is 2.09 bits per heavy atom. The van der Waals surface area contributed by atoms with Gasteiger partial charge in [-0.3, -0.25) is 9.59 Å². The van der Waals surface area contributed by atoms with Gasteiger partial charge in [-0.15, -0.1) is 0 Å². The van der Waals surface area contributed by atoms with Crippen molar-refractivity contribution in [2.45, 2.75) is 19.8 Å². The van der Waals surface area contributed by atoms with Gasteiger partial charge in [0.2, 0.25) is 5.91 Å². The highest BCUT2D eigenvalue weighted by molar-refractivity contribution is 6.30. The van der Waals surface area contributed by atoms with E-state index in [1.165, 1.54) is 6.08 Å². The summed E-state index contributed by atoms with van der Waals surface area (Å²) in [6.07, 6.45) is 4.90. The molecule has 1 heterocycles. The highest BCUT2D eigenvalue weighted by Crippen LogP contribution is 2.18. The molecule has 5 heteroatoms. The molecule has 22 heavy (non-hydrogen) atoms. The molecule has 1 amide bonds. The summed E-state index contributed by atoms with van der Waals surface area (Å²) in [5.41, 5.74) is 0.914. The Morgan fingerprint density at radius 1 is 1.36 bits per heavy atom. The van der Waals surface area contributed by atoms with Crippen molar-refractivity contribution in [2.24, 2.45) is 5.92 Å². The Kier molecular flexibility index (Phi) is 6.01. The van der Waals surface area contributed by atoms with Gasteiger partial charge in [-0.1, -0.05) is 23.7 Å². The van der Waals surface area contributed by atoms with Crippen LogP contribution in [-0.2, 0) is 14.3 Å². The quantitative estimate of drug-likeness (QED) is 0.632. The van der Waals surface area contributed by atoms with Crippen LogP contribution in [0.15, 0.2) is 30.3 Å². The van der Waals surface area contributed by atoms with E-state index in [0.717, 1.165) is 18.4 Å². The van der Waals surface area contributed by atoms with E-state index in [2.05, 4.69) is 0 Å². The molecular weight excluding hydrogens is 302 g/mol. The van der Waals surface area contributed by atoms with Crippen LogP contribution in [0.4, 0.5) is 0 Å². The molecule has 118 valence electrons. The number of hydrogen-bond donors (Lipinski definition) is 0. The zero-order valence-corrected chi connectivity index (χ0v) is 13.4. The summed E-state index contributed by atoms with van der Waals surface area (Å²) in [6.45, 7) is 3.28. The van der Waals surface area contributed by atoms with E-state index >= 15 is 0 Å². The van der Waals surface area contributed by atoms with Crippen LogP contribution < -0.4 is 0 Å². The summed E-state index contributed by atoms with van der Waals surface area (Å²) in [7, 11) is 0. The molecule has 0 N–H and O–H groups in total. The molecule has 0 spiro atoms. The molecule has 0 unspecified atom stereocenters. The molecule has 2 rings (SSSR count). The number of ether oxygens (including phenoxy) is 1. The number of hydrogen-bond acceptors (Lipinski definition) is 3. The zero-order valence-electron chi connectivity index (χ0n) is 12.6. The van der Waals surface area contributed by atoms with E-state index < -0.39 is 0 Å². The maximum absolute atomic E-state index is 12.2. The van der Waals surface area contributed by atoms with Crippen molar-refractivity contribution in [3.63, 3.8) is 0 Å². The van der Waals surface area contributed by atoms with E-state index in [9.17, 15) is 9.59 Å². The Balaban J connectivity index is 1.94. The Morgan fingerprint density at radius 3 is 2.77 bits per heavy atom. The van der Waals surface area contributed by atoms with Crippen molar-refractivity contribution >= 4 is 29.6 Å². The monoisotopic (exact) mass is 321 g/mol. The van der Waals surface area contributed by atoms with Gasteiger partial charge in [0.25, 0.3) is 0 Å². The summed E-state index contributed by atoms with van der Waals surface area (Å²) in [5.74, 6) is -0.493. The van der Waals surface area contributed by atoms with Gasteiger partial charge in [-0.05, 0) is 43.5 Å². The Bertz CT molecular complexity index is 554. The number of amides is 1. The van der Waals surface area contributed by atoms with Crippen LogP contribution in [0.1, 0.15) is 25.3 Å². The SMILES string of the molecule is CCOC(=O)[C@@H]1CCCN(C(=O)/C=C/c2ccc(Cl)cc2)C1. The normalized spacial score (nSPS) is 18.5. The van der Waals surface area contributed by atoms with Crippen molar-refractivity contribution in [1.82, 2.24) is 4.90 Å². The summed E-state index contributed by atoms with van der Waals surface area (Å²) < 4.78 is 5.04. The fourth-order valence-electron chi connectivity index (χ4n) is 2.48. The maximum atomic E-state index is 12.2. The van der Waals surface area contributed by atoms with Gasteiger partial charge < -0.3 is 9.64 Å². The van der Waals surface area contributed by atoms with Crippen LogP contribution >= 0.6 is 11.6 Å². The minimum absolute atomic E-state index is 0.0797. The highest BCUT2D eigenvalue weighted by atomic mass is 35.5. The highest BCUT2D eigenvalue weighted by Gasteiger charge is 2.28. The molecule has 0 aliphatic carbocycles. The zero-order chi connectivity index (χ0) is 15.9. The van der Waals surface area contributed by atoms with Gasteiger partial charge in [0.15, 0.2) is 0 Å². The molecule has 1 fully saturated rings. The second-order valence-corrected chi connectivity index (χ2v) is 5.70. The lowest BCUT2D eigenvalue weighted by atomic mass is 9.98. The number of piperidine rings is 1. The van der Waals surface area contributed by atoms with E-state index in [1.807, 2.05) is 12.1 Å². The van der Waals surface area contributed by atoms with Crippen molar-refractivity contribution in [2.75, 3.05) is 19.7 Å². The van der Waals surface area contributed by atoms with Crippen molar-refractivity contribution < 1.29 is 14.3 Å². The van der Waals surface area contributed by atoms with Gasteiger partial charge in [-0.2, -0.15) is 0 Å². The first-order chi connectivity index (χ1) is 10.6. The van der Waals surface area contributed by atoms with Gasteiger partial charge in [-0.25, -0.2) is 0 Å². The smallest absolute Gasteiger partial charge is 0.310 e. The number of halogens is 1. The van der Waals surface area contributed by atoms with Crippen LogP contribution in [0.5, 0.6) is 0 Å². The summed E-state index contributed by atoms with van der Waals surface area (Å²) in [4.78, 5) is 25.7. The molecule has 0 saturated carbocycles. The van der Waals surface area contributed by atoms with Gasteiger partial charge >= 0.3 is 5.97 Å². The molecule has 0 bridgehead atoms. The summed E-state index contributed by atoms with van der Waals surface area (Å²) >= 11 is 5.82. The standard InChI is InChI=1S/C17H20ClNO3/c1-2-22-17(21)14-4-3-11-19(12-14)16(20)10-7-13-5-8-15(18)9-6-13/h5-10,14H,2-4,11-12H2,1H3/b10-7+/t14-/m1/s1. The van der Waals surface area contributed by atoms with E-state index in [-0.39, 0.29) is 17.8 Å². The number of carbonyl (C=O) groups excluding carboxylic acids is 2. The lowest BCUT2D eigenvalue weighted by molar-refractivity contribution is -0.150. The minimum atomic E-state index is -0.207. The van der Waals surface area contributed by atoms with E-state index in [0.29, 0.717) is 24.7 Å². The predicted molar refractivity (Wildman–Crippen MR) is 86.4 cm³/mol. The Hall–Kier alpha value is -1.81. The molecule has 0 radical (unpaired) electrons. The van der Waals surface area contributed by atoms with E-state index in [1.54, 1.807) is 30.0 Å². The molecule has 1 aliphatic rings. The maximum Gasteiger partial charge on any atom is 0.310 e. The van der Waals surface area contributed by atoms with Crippen molar-refractivity contribution in [3.8, 4) is 0 Å². The summed E-state index contributed by atoms with van der Waals surface area (Å²) in [5, 5.41) is 0.664. The lowest BCUT2D eigenvalue weighted by Crippen LogP contribution is -2.42. The minimum Gasteiger partial charge on any atom is -0.466 e. The third-order valence-electron chi connectivity index (χ3n) is 3.64. The number of esters is 1. The largest absolute Gasteiger partial charge is 0.466 e. The second kappa shape index (κ2) is 7.99. The van der Waals surface area contributed by atoms with Crippen molar-refractivity contribution in [3.05, 3.63) is 40.9 Å². The number of likely N-dealkylation sites (tertiary alicyclic amines) is 1. The van der Waals surface area contributed by atoms with Crippen molar-refractivity contribution in [1.29, 1.82) is 0 Å². The average molecular weight is 322 g/mol. The van der Waals surface area contributed by atoms with Crippen LogP contribution in [0.3, 0.4) is 0 Å². The third-order valence-corrected chi connectivity index (χ3v) is 3.89. The van der Waals surface area contributed by atoms with Crippen LogP contribution in [0.2, 0.25) is 5.02 Å². The predicted octanol–water partition coefficient (Wildman–Crippen LogP) is 3.15. The Labute approximate surface area is 135 Å². The van der Waals surface area contributed by atoms with Crippen LogP contribution in [-0.4, -0.2) is 36.5 Å². The first kappa shape index (κ1) is 16.6. The van der Waals surface area contributed by atoms with Crippen LogP contribution in [0, 0.1) is 5.92 Å². The fraction of sp³-hybridized carbons (Fsp3) is 0.412. The molecule has 1 aliphatic heterocycles. The molecule has 0 aromatic heterocycles. The number of carbonyl (C=O) groups is 2. The average Bonchev–Trinajstić information content (AvgIpc) is 2.54. The topological polar surface area (TPSA) is 46.6 Å².